The summed E-state index contributed by atoms with van der Waals surface area (Å²) in [7, 11) is 1.65. The van der Waals surface area contributed by atoms with Crippen LogP contribution in [0.15, 0.2) is 12.1 Å². The molecule has 1 heterocycles. The van der Waals surface area contributed by atoms with E-state index in [1.165, 1.54) is 0 Å². The van der Waals surface area contributed by atoms with Gasteiger partial charge in [-0.1, -0.05) is 6.07 Å². The summed E-state index contributed by atoms with van der Waals surface area (Å²) in [4.78, 5) is 11.0. The number of carbonyl (C=O) groups is 1. The molecule has 2 unspecified atom stereocenters. The second kappa shape index (κ2) is 4.98. The number of ether oxygens (including phenoxy) is 1. The van der Waals surface area contributed by atoms with Gasteiger partial charge in [0.05, 0.1) is 7.11 Å². The number of aliphatic carboxylic acids is 1. The van der Waals surface area contributed by atoms with E-state index in [1.54, 1.807) is 7.11 Å². The van der Waals surface area contributed by atoms with E-state index < -0.39 is 12.0 Å². The third kappa shape index (κ3) is 2.34. The Bertz CT molecular complexity index is 470. The van der Waals surface area contributed by atoms with E-state index in [0.29, 0.717) is 6.42 Å². The molecule has 1 aliphatic heterocycles. The fourth-order valence-electron chi connectivity index (χ4n) is 2.72. The van der Waals surface area contributed by atoms with Gasteiger partial charge in [0.1, 0.15) is 11.8 Å². The van der Waals surface area contributed by atoms with Crippen molar-refractivity contribution in [1.29, 1.82) is 0 Å². The van der Waals surface area contributed by atoms with E-state index >= 15 is 0 Å². The van der Waals surface area contributed by atoms with Gasteiger partial charge < -0.3 is 9.84 Å². The van der Waals surface area contributed by atoms with E-state index in [0.717, 1.165) is 28.9 Å². The molecular weight excluding hydrogens is 230 g/mol. The molecule has 1 fully saturated rings. The van der Waals surface area contributed by atoms with Crippen LogP contribution in [0.25, 0.3) is 0 Å². The third-order valence-corrected chi connectivity index (χ3v) is 3.51. The summed E-state index contributed by atoms with van der Waals surface area (Å²) in [6, 6.07) is 3.73. The summed E-state index contributed by atoms with van der Waals surface area (Å²) >= 11 is 0. The van der Waals surface area contributed by atoms with E-state index in [2.05, 4.69) is 11.4 Å². The summed E-state index contributed by atoms with van der Waals surface area (Å²) in [5.41, 5.74) is 3.39. The molecule has 4 heteroatoms. The van der Waals surface area contributed by atoms with Gasteiger partial charge in [-0.05, 0) is 43.9 Å². The van der Waals surface area contributed by atoms with Crippen LogP contribution >= 0.6 is 0 Å². The van der Waals surface area contributed by atoms with Crippen molar-refractivity contribution in [2.75, 3.05) is 7.11 Å². The van der Waals surface area contributed by atoms with Crippen LogP contribution in [0.2, 0.25) is 0 Å². The number of aryl methyl sites for hydroxylation is 2. The minimum Gasteiger partial charge on any atom is -0.496 e. The molecule has 0 aliphatic carbocycles. The third-order valence-electron chi connectivity index (χ3n) is 3.51. The van der Waals surface area contributed by atoms with Crippen LogP contribution < -0.4 is 10.1 Å². The molecule has 0 bridgehead atoms. The lowest BCUT2D eigenvalue weighted by Crippen LogP contribution is -2.32. The number of methoxy groups -OCH3 is 1. The van der Waals surface area contributed by atoms with Gasteiger partial charge in [0.25, 0.3) is 0 Å². The normalized spacial score (nSPS) is 23.1. The zero-order valence-corrected chi connectivity index (χ0v) is 11.0. The van der Waals surface area contributed by atoms with Gasteiger partial charge in [-0.2, -0.15) is 0 Å². The summed E-state index contributed by atoms with van der Waals surface area (Å²) < 4.78 is 5.43. The molecular formula is C14H19NO3. The van der Waals surface area contributed by atoms with Crippen LogP contribution in [-0.4, -0.2) is 24.2 Å². The van der Waals surface area contributed by atoms with Gasteiger partial charge >= 0.3 is 5.97 Å². The molecule has 1 aliphatic rings. The molecule has 98 valence electrons. The number of carboxylic acids is 1. The van der Waals surface area contributed by atoms with Crippen molar-refractivity contribution in [1.82, 2.24) is 5.32 Å². The number of hydrogen-bond donors (Lipinski definition) is 2. The van der Waals surface area contributed by atoms with Gasteiger partial charge in [-0.15, -0.1) is 0 Å². The predicted octanol–water partition coefficient (Wildman–Crippen LogP) is 2.19. The first-order valence-electron chi connectivity index (χ1n) is 6.17. The Labute approximate surface area is 107 Å². The van der Waals surface area contributed by atoms with E-state index in [-0.39, 0.29) is 6.04 Å². The number of benzene rings is 1. The highest BCUT2D eigenvalue weighted by Crippen LogP contribution is 2.35. The Kier molecular flexibility index (Phi) is 3.57. The number of carboxylic acid groups (broad SMARTS) is 1. The summed E-state index contributed by atoms with van der Waals surface area (Å²) in [5, 5.41) is 12.2. The first-order valence-corrected chi connectivity index (χ1v) is 6.17. The average molecular weight is 249 g/mol. The molecule has 1 saturated heterocycles. The highest BCUT2D eigenvalue weighted by molar-refractivity contribution is 5.74. The van der Waals surface area contributed by atoms with Gasteiger partial charge in [-0.3, -0.25) is 10.1 Å². The standard InChI is InChI=1S/C14H19NO3/c1-8-6-9(2)13(12(7-8)18-3)10-4-5-11(15-10)14(16)17/h6-7,10-11,15H,4-5H2,1-3H3,(H,16,17). The van der Waals surface area contributed by atoms with Crippen LogP contribution in [0.5, 0.6) is 5.75 Å². The first kappa shape index (κ1) is 12.9. The Balaban J connectivity index is 2.31. The second-order valence-electron chi connectivity index (χ2n) is 4.89. The average Bonchev–Trinajstić information content (AvgIpc) is 2.77. The van der Waals surface area contributed by atoms with Crippen molar-refractivity contribution in [3.63, 3.8) is 0 Å². The summed E-state index contributed by atoms with van der Waals surface area (Å²) in [6.07, 6.45) is 1.49. The molecule has 18 heavy (non-hydrogen) atoms. The van der Waals surface area contributed by atoms with Crippen molar-refractivity contribution in [2.24, 2.45) is 0 Å². The molecule has 2 atom stereocenters. The topological polar surface area (TPSA) is 58.6 Å². The van der Waals surface area contributed by atoms with Crippen molar-refractivity contribution >= 4 is 5.97 Å². The zero-order valence-electron chi connectivity index (χ0n) is 11.0. The summed E-state index contributed by atoms with van der Waals surface area (Å²) in [6.45, 7) is 4.07. The van der Waals surface area contributed by atoms with E-state index in [4.69, 9.17) is 9.84 Å². The molecule has 0 saturated carbocycles. The quantitative estimate of drug-likeness (QED) is 0.862. The lowest BCUT2D eigenvalue weighted by Gasteiger charge is -2.19. The van der Waals surface area contributed by atoms with Crippen LogP contribution in [0.1, 0.15) is 35.6 Å². The monoisotopic (exact) mass is 249 g/mol. The van der Waals surface area contributed by atoms with Gasteiger partial charge in [0, 0.05) is 11.6 Å². The SMILES string of the molecule is COc1cc(C)cc(C)c1C1CCC(C(=O)O)N1. The highest BCUT2D eigenvalue weighted by Gasteiger charge is 2.31. The molecule has 0 aromatic heterocycles. The predicted molar refractivity (Wildman–Crippen MR) is 69.0 cm³/mol. The van der Waals surface area contributed by atoms with Crippen LogP contribution in [0, 0.1) is 13.8 Å². The molecule has 4 nitrogen and oxygen atoms in total. The number of hydrogen-bond acceptors (Lipinski definition) is 3. The van der Waals surface area contributed by atoms with Crippen molar-refractivity contribution in [2.45, 2.75) is 38.8 Å². The first-order chi connectivity index (χ1) is 8.52. The number of rotatable bonds is 3. The zero-order chi connectivity index (χ0) is 13.3. The Morgan fingerprint density at radius 2 is 2.11 bits per heavy atom. The smallest absolute Gasteiger partial charge is 0.320 e. The molecule has 0 spiro atoms. The van der Waals surface area contributed by atoms with Gasteiger partial charge in [-0.25, -0.2) is 0 Å². The van der Waals surface area contributed by atoms with Gasteiger partial charge in [0.2, 0.25) is 0 Å². The Morgan fingerprint density at radius 1 is 1.39 bits per heavy atom. The molecule has 1 aromatic carbocycles. The largest absolute Gasteiger partial charge is 0.496 e. The maximum absolute atomic E-state index is 11.0. The fourth-order valence-corrected chi connectivity index (χ4v) is 2.72. The Morgan fingerprint density at radius 3 is 2.67 bits per heavy atom. The second-order valence-corrected chi connectivity index (χ2v) is 4.89. The van der Waals surface area contributed by atoms with Crippen LogP contribution in [0.4, 0.5) is 0 Å². The molecule has 2 rings (SSSR count). The molecule has 1 aromatic rings. The van der Waals surface area contributed by atoms with Crippen molar-refractivity contribution in [3.05, 3.63) is 28.8 Å². The highest BCUT2D eigenvalue weighted by atomic mass is 16.5. The fraction of sp³-hybridized carbons (Fsp3) is 0.500. The van der Waals surface area contributed by atoms with Crippen LogP contribution in [0.3, 0.4) is 0 Å². The van der Waals surface area contributed by atoms with E-state index in [9.17, 15) is 4.79 Å². The molecule has 0 radical (unpaired) electrons. The molecule has 0 amide bonds. The lowest BCUT2D eigenvalue weighted by molar-refractivity contribution is -0.139. The lowest BCUT2D eigenvalue weighted by atomic mass is 9.97. The Hall–Kier alpha value is -1.55. The maximum Gasteiger partial charge on any atom is 0.320 e. The summed E-state index contributed by atoms with van der Waals surface area (Å²) in [5.74, 6) is 0.0669. The van der Waals surface area contributed by atoms with Crippen molar-refractivity contribution < 1.29 is 14.6 Å². The maximum atomic E-state index is 11.0. The number of nitrogens with one attached hydrogen (secondary N) is 1. The minimum atomic E-state index is -0.777. The minimum absolute atomic E-state index is 0.0710. The van der Waals surface area contributed by atoms with Crippen LogP contribution in [-0.2, 0) is 4.79 Å². The van der Waals surface area contributed by atoms with Crippen molar-refractivity contribution in [3.8, 4) is 5.75 Å². The van der Waals surface area contributed by atoms with E-state index in [1.807, 2.05) is 19.9 Å². The van der Waals surface area contributed by atoms with Gasteiger partial charge in [0.15, 0.2) is 0 Å². The molecule has 2 N–H and O–H groups in total.